The number of rotatable bonds is 8. The highest BCUT2D eigenvalue weighted by molar-refractivity contribution is 6.39. The smallest absolute Gasteiger partial charge is 0.340 e. The average molecular weight is 467 g/mol. The number of allylic oxidation sites excluding steroid dienone is 1. The van der Waals surface area contributed by atoms with Crippen molar-refractivity contribution in [1.82, 2.24) is 10.2 Å². The van der Waals surface area contributed by atoms with E-state index >= 15 is 0 Å². The summed E-state index contributed by atoms with van der Waals surface area (Å²) in [4.78, 5) is 50.7. The predicted molar refractivity (Wildman–Crippen MR) is 122 cm³/mol. The van der Waals surface area contributed by atoms with Crippen molar-refractivity contribution in [2.75, 3.05) is 32.7 Å². The molecule has 178 valence electrons. The van der Waals surface area contributed by atoms with Gasteiger partial charge in [-0.2, -0.15) is 0 Å². The molecule has 3 rings (SSSR count). The Morgan fingerprint density at radius 1 is 1.06 bits per heavy atom. The van der Waals surface area contributed by atoms with Gasteiger partial charge in [0.1, 0.15) is 11.5 Å². The fraction of sp³-hybridized carbons (Fsp3) is 0.250. The minimum Gasteiger partial charge on any atom is -0.465 e. The van der Waals surface area contributed by atoms with Gasteiger partial charge in [0, 0.05) is 25.0 Å². The Morgan fingerprint density at radius 2 is 1.79 bits per heavy atom. The number of esters is 1. The molecule has 1 aromatic heterocycles. The van der Waals surface area contributed by atoms with Gasteiger partial charge in [0.15, 0.2) is 0 Å². The summed E-state index contributed by atoms with van der Waals surface area (Å²) in [6, 6.07) is 11.8. The Balaban J connectivity index is 1.69. The number of amides is 3. The Morgan fingerprint density at radius 3 is 2.47 bits per heavy atom. The van der Waals surface area contributed by atoms with Gasteiger partial charge in [-0.1, -0.05) is 18.2 Å². The topological polar surface area (TPSA) is 127 Å². The minimum absolute atomic E-state index is 0.0448. The predicted octanol–water partition coefficient (Wildman–Crippen LogP) is 1.85. The van der Waals surface area contributed by atoms with E-state index in [0.29, 0.717) is 29.5 Å². The molecule has 1 aromatic carbocycles. The second-order valence-electron chi connectivity index (χ2n) is 7.27. The summed E-state index contributed by atoms with van der Waals surface area (Å²) in [5, 5.41) is 4.96. The minimum atomic E-state index is -0.827. The van der Waals surface area contributed by atoms with E-state index in [2.05, 4.69) is 10.6 Å². The van der Waals surface area contributed by atoms with E-state index in [4.69, 9.17) is 13.9 Å². The summed E-state index contributed by atoms with van der Waals surface area (Å²) in [6.45, 7) is 2.19. The van der Waals surface area contributed by atoms with Gasteiger partial charge in [-0.05, 0) is 37.3 Å². The largest absolute Gasteiger partial charge is 0.465 e. The number of carbonyl (C=O) groups excluding carboxylic acids is 4. The van der Waals surface area contributed by atoms with Gasteiger partial charge in [0.25, 0.3) is 5.91 Å². The number of nitrogens with one attached hydrogen (secondary N) is 2. The third-order valence-electron chi connectivity index (χ3n) is 5.05. The Hall–Kier alpha value is -4.18. The number of benzene rings is 1. The van der Waals surface area contributed by atoms with Crippen LogP contribution in [-0.4, -0.2) is 56.0 Å². The van der Waals surface area contributed by atoms with Gasteiger partial charge in [-0.25, -0.2) is 4.79 Å². The number of anilines is 1. The normalized spacial score (nSPS) is 14.5. The fourth-order valence-corrected chi connectivity index (χ4v) is 3.35. The maximum absolute atomic E-state index is 12.9. The van der Waals surface area contributed by atoms with Crippen molar-refractivity contribution in [3.63, 3.8) is 0 Å². The first-order valence-electron chi connectivity index (χ1n) is 10.4. The second kappa shape index (κ2) is 11.1. The molecule has 0 bridgehead atoms. The fourth-order valence-electron chi connectivity index (χ4n) is 3.35. The van der Waals surface area contributed by atoms with Crippen LogP contribution in [0.5, 0.6) is 0 Å². The molecule has 34 heavy (non-hydrogen) atoms. The summed E-state index contributed by atoms with van der Waals surface area (Å²) in [7, 11) is 2.76. The highest BCUT2D eigenvalue weighted by atomic mass is 16.5. The lowest BCUT2D eigenvalue weighted by Gasteiger charge is -2.16. The van der Waals surface area contributed by atoms with Crippen LogP contribution >= 0.6 is 0 Å². The molecule has 2 N–H and O–H groups in total. The van der Waals surface area contributed by atoms with Crippen LogP contribution in [0.2, 0.25) is 0 Å². The summed E-state index contributed by atoms with van der Waals surface area (Å²) >= 11 is 0. The van der Waals surface area contributed by atoms with Crippen LogP contribution in [0, 0.1) is 0 Å². The van der Waals surface area contributed by atoms with E-state index in [0.717, 1.165) is 0 Å². The van der Waals surface area contributed by atoms with Crippen LogP contribution in [-0.2, 0) is 35.2 Å². The molecular weight excluding hydrogens is 442 g/mol. The SMILES string of the molecule is COCCN1C(=O)/C(=C\c2ccc(CNC(=O)C(=O)Nc3ccccc3)o2)C(C(=O)OC)=C1C. The van der Waals surface area contributed by atoms with E-state index in [1.807, 2.05) is 0 Å². The van der Waals surface area contributed by atoms with Crippen molar-refractivity contribution in [3.8, 4) is 0 Å². The Bertz CT molecular complexity index is 1150. The number of hydrogen-bond acceptors (Lipinski definition) is 7. The summed E-state index contributed by atoms with van der Waals surface area (Å²) in [5.74, 6) is -2.00. The maximum atomic E-state index is 12.9. The van der Waals surface area contributed by atoms with Crippen LogP contribution in [0.1, 0.15) is 18.4 Å². The molecule has 0 saturated heterocycles. The highest BCUT2D eigenvalue weighted by Gasteiger charge is 2.37. The molecule has 1 aliphatic heterocycles. The number of carbonyl (C=O) groups is 4. The van der Waals surface area contributed by atoms with Crippen molar-refractivity contribution < 1.29 is 33.1 Å². The molecular formula is C24H25N3O7. The number of furan rings is 1. The first-order valence-corrected chi connectivity index (χ1v) is 10.4. The maximum Gasteiger partial charge on any atom is 0.340 e. The van der Waals surface area contributed by atoms with Gasteiger partial charge in [-0.15, -0.1) is 0 Å². The lowest BCUT2D eigenvalue weighted by Crippen LogP contribution is -2.34. The first-order chi connectivity index (χ1) is 16.3. The summed E-state index contributed by atoms with van der Waals surface area (Å²) < 4.78 is 15.5. The second-order valence-corrected chi connectivity index (χ2v) is 7.27. The number of ether oxygens (including phenoxy) is 2. The molecule has 1 aliphatic rings. The van der Waals surface area contributed by atoms with Gasteiger partial charge in [0.2, 0.25) is 0 Å². The lowest BCUT2D eigenvalue weighted by molar-refractivity contribution is -0.136. The van der Waals surface area contributed by atoms with Crippen LogP contribution in [0.3, 0.4) is 0 Å². The molecule has 0 radical (unpaired) electrons. The number of para-hydroxylation sites is 1. The molecule has 0 aliphatic carbocycles. The molecule has 2 aromatic rings. The van der Waals surface area contributed by atoms with E-state index in [1.54, 1.807) is 49.4 Å². The monoisotopic (exact) mass is 467 g/mol. The molecule has 10 nitrogen and oxygen atoms in total. The third kappa shape index (κ3) is 5.59. The summed E-state index contributed by atoms with van der Waals surface area (Å²) in [6.07, 6.45) is 1.44. The van der Waals surface area contributed by atoms with E-state index in [-0.39, 0.29) is 30.1 Å². The van der Waals surface area contributed by atoms with Gasteiger partial charge in [-0.3, -0.25) is 14.4 Å². The zero-order valence-electron chi connectivity index (χ0n) is 19.0. The molecule has 0 unspecified atom stereocenters. The van der Waals surface area contributed by atoms with Crippen LogP contribution in [0.15, 0.2) is 63.7 Å². The Kier molecular flexibility index (Phi) is 7.99. The van der Waals surface area contributed by atoms with Crippen molar-refractivity contribution >= 4 is 35.5 Å². The van der Waals surface area contributed by atoms with Crippen molar-refractivity contribution in [1.29, 1.82) is 0 Å². The standard InChI is InChI=1S/C24H25N3O7/c1-15-20(24(31)33-3)19(23(30)27(15)11-12-32-2)13-17-9-10-18(34-17)14-25-21(28)22(29)26-16-7-5-4-6-8-16/h4-10,13H,11-12,14H2,1-3H3,(H,25,28)(H,26,29)/b19-13-. The molecule has 10 heteroatoms. The van der Waals surface area contributed by atoms with Crippen molar-refractivity contribution in [2.24, 2.45) is 0 Å². The van der Waals surface area contributed by atoms with Crippen molar-refractivity contribution in [2.45, 2.75) is 13.5 Å². The van der Waals surface area contributed by atoms with E-state index in [1.165, 1.54) is 25.2 Å². The van der Waals surface area contributed by atoms with Crippen LogP contribution in [0.25, 0.3) is 6.08 Å². The van der Waals surface area contributed by atoms with Gasteiger partial charge in [0.05, 0.1) is 31.4 Å². The quantitative estimate of drug-likeness (QED) is 0.345. The van der Waals surface area contributed by atoms with E-state index in [9.17, 15) is 19.2 Å². The Labute approximate surface area is 196 Å². The molecule has 0 saturated carbocycles. The first kappa shape index (κ1) is 24.5. The molecule has 3 amide bonds. The summed E-state index contributed by atoms with van der Waals surface area (Å²) in [5.41, 5.74) is 1.24. The van der Waals surface area contributed by atoms with Crippen LogP contribution in [0.4, 0.5) is 5.69 Å². The molecule has 0 fully saturated rings. The lowest BCUT2D eigenvalue weighted by atomic mass is 10.1. The van der Waals surface area contributed by atoms with Crippen molar-refractivity contribution in [3.05, 3.63) is 70.8 Å². The van der Waals surface area contributed by atoms with E-state index < -0.39 is 17.8 Å². The zero-order chi connectivity index (χ0) is 24.7. The number of nitrogens with zero attached hydrogens (tertiary/aromatic N) is 1. The number of hydrogen-bond donors (Lipinski definition) is 2. The average Bonchev–Trinajstić information content (AvgIpc) is 3.38. The molecule has 2 heterocycles. The molecule has 0 atom stereocenters. The zero-order valence-corrected chi connectivity index (χ0v) is 19.0. The third-order valence-corrected chi connectivity index (χ3v) is 5.05. The van der Waals surface area contributed by atoms with Gasteiger partial charge >= 0.3 is 17.8 Å². The highest BCUT2D eigenvalue weighted by Crippen LogP contribution is 2.31. The number of methoxy groups -OCH3 is 2. The molecule has 0 spiro atoms. The van der Waals surface area contributed by atoms with Gasteiger partial charge < -0.3 is 29.4 Å². The van der Waals surface area contributed by atoms with Crippen LogP contribution < -0.4 is 10.6 Å².